The third-order valence-electron chi connectivity index (χ3n) is 3.41. The first-order valence-corrected chi connectivity index (χ1v) is 8.37. The van der Waals surface area contributed by atoms with Gasteiger partial charge in [0.1, 0.15) is 23.4 Å². The summed E-state index contributed by atoms with van der Waals surface area (Å²) in [5, 5.41) is 3.66. The van der Waals surface area contributed by atoms with E-state index in [9.17, 15) is 12.8 Å². The Morgan fingerprint density at radius 1 is 1.36 bits per heavy atom. The van der Waals surface area contributed by atoms with Gasteiger partial charge in [0.2, 0.25) is 10.0 Å². The molecule has 1 aliphatic heterocycles. The highest BCUT2D eigenvalue weighted by molar-refractivity contribution is 7.88. The number of nitrogens with one attached hydrogen (secondary N) is 1. The molecule has 0 unspecified atom stereocenters. The maximum atomic E-state index is 13.2. The molecule has 0 spiro atoms. The van der Waals surface area contributed by atoms with Gasteiger partial charge in [-0.3, -0.25) is 0 Å². The minimum atomic E-state index is -3.65. The number of aromatic nitrogens is 1. The molecule has 8 heteroatoms. The van der Waals surface area contributed by atoms with Gasteiger partial charge in [0.15, 0.2) is 5.76 Å². The van der Waals surface area contributed by atoms with Crippen molar-refractivity contribution >= 4 is 10.0 Å². The monoisotopic (exact) mass is 326 g/mol. The molecular weight excluding hydrogens is 311 g/mol. The highest BCUT2D eigenvalue weighted by Gasteiger charge is 2.34. The molecule has 6 nitrogen and oxygen atoms in total. The van der Waals surface area contributed by atoms with Crippen LogP contribution in [0, 0.1) is 12.7 Å². The Bertz CT molecular complexity index is 803. The Morgan fingerprint density at radius 2 is 2.14 bits per heavy atom. The van der Waals surface area contributed by atoms with Gasteiger partial charge in [-0.15, -0.1) is 0 Å². The lowest BCUT2D eigenvalue weighted by atomic mass is 10.1. The summed E-state index contributed by atoms with van der Waals surface area (Å²) in [6, 6.07) is 5.06. The lowest BCUT2D eigenvalue weighted by Gasteiger charge is -2.16. The Morgan fingerprint density at radius 3 is 2.82 bits per heavy atom. The van der Waals surface area contributed by atoms with Gasteiger partial charge in [0, 0.05) is 17.7 Å². The van der Waals surface area contributed by atoms with E-state index in [4.69, 9.17) is 9.26 Å². The van der Waals surface area contributed by atoms with Crippen molar-refractivity contribution in [2.75, 3.05) is 0 Å². The highest BCUT2D eigenvalue weighted by Crippen LogP contribution is 2.37. The molecule has 0 bridgehead atoms. The molecule has 0 saturated carbocycles. The predicted molar refractivity (Wildman–Crippen MR) is 76.2 cm³/mol. The van der Waals surface area contributed by atoms with Gasteiger partial charge in [-0.25, -0.2) is 17.5 Å². The molecular formula is C14H15FN2O4S. The maximum Gasteiger partial charge on any atom is 0.219 e. The molecule has 3 rings (SSSR count). The summed E-state index contributed by atoms with van der Waals surface area (Å²) in [7, 11) is -3.65. The molecule has 1 aromatic carbocycles. The van der Waals surface area contributed by atoms with Gasteiger partial charge in [0.05, 0.1) is 11.7 Å². The largest absolute Gasteiger partial charge is 0.488 e. The molecule has 0 fully saturated rings. The van der Waals surface area contributed by atoms with Crippen LogP contribution in [0.3, 0.4) is 0 Å². The van der Waals surface area contributed by atoms with Gasteiger partial charge in [-0.05, 0) is 19.9 Å². The number of halogens is 1. The van der Waals surface area contributed by atoms with Crippen molar-refractivity contribution in [1.29, 1.82) is 0 Å². The zero-order valence-electron chi connectivity index (χ0n) is 12.0. The fourth-order valence-corrected chi connectivity index (χ4v) is 3.75. The average Bonchev–Trinajstić information content (AvgIpc) is 2.93. The molecule has 0 saturated heterocycles. The molecule has 0 amide bonds. The molecule has 1 aliphatic rings. The normalized spacial score (nSPS) is 20.7. The fourth-order valence-electron chi connectivity index (χ4n) is 2.45. The Labute approximate surface area is 127 Å². The van der Waals surface area contributed by atoms with Crippen LogP contribution in [0.1, 0.15) is 30.0 Å². The Hall–Kier alpha value is -1.93. The number of aryl methyl sites for hydroxylation is 1. The van der Waals surface area contributed by atoms with Crippen LogP contribution < -0.4 is 9.46 Å². The second-order valence-corrected chi connectivity index (χ2v) is 7.05. The maximum absolute atomic E-state index is 13.2. The number of hydrogen-bond acceptors (Lipinski definition) is 5. The number of ether oxygens (including phenoxy) is 1. The molecule has 22 heavy (non-hydrogen) atoms. The lowest BCUT2D eigenvalue weighted by molar-refractivity contribution is 0.220. The SMILES string of the molecule is Cc1cc(CS(=O)(=O)N[C@@H]2c3ccc(F)cc3O[C@H]2C)on1. The van der Waals surface area contributed by atoms with Crippen molar-refractivity contribution in [3.63, 3.8) is 0 Å². The second kappa shape index (κ2) is 5.36. The quantitative estimate of drug-likeness (QED) is 0.930. The summed E-state index contributed by atoms with van der Waals surface area (Å²) in [6.45, 7) is 3.44. The number of sulfonamides is 1. The van der Waals surface area contributed by atoms with Gasteiger partial charge in [0.25, 0.3) is 0 Å². The van der Waals surface area contributed by atoms with E-state index in [0.717, 1.165) is 0 Å². The standard InChI is InChI=1S/C14H15FN2O4S/c1-8-5-11(21-16-8)7-22(18,19)17-14-9(2)20-13-6-10(15)3-4-12(13)14/h3-6,9,14,17H,7H2,1-2H3/t9-,14-/m0/s1. The number of nitrogens with zero attached hydrogens (tertiary/aromatic N) is 1. The first kappa shape index (κ1) is 15.0. The number of rotatable bonds is 4. The van der Waals surface area contributed by atoms with Crippen molar-refractivity contribution in [2.45, 2.75) is 31.7 Å². The molecule has 0 aliphatic carbocycles. The highest BCUT2D eigenvalue weighted by atomic mass is 32.2. The Balaban J connectivity index is 1.81. The van der Waals surface area contributed by atoms with Crippen molar-refractivity contribution < 1.29 is 22.1 Å². The third kappa shape index (κ3) is 2.97. The topological polar surface area (TPSA) is 81.4 Å². The lowest BCUT2D eigenvalue weighted by Crippen LogP contribution is -2.34. The second-order valence-electron chi connectivity index (χ2n) is 5.29. The molecule has 2 atom stereocenters. The van der Waals surface area contributed by atoms with Crippen LogP contribution in [0.25, 0.3) is 0 Å². The van der Waals surface area contributed by atoms with Crippen molar-refractivity contribution in [1.82, 2.24) is 9.88 Å². The number of fused-ring (bicyclic) bond motifs is 1. The first-order valence-electron chi connectivity index (χ1n) is 6.72. The molecule has 118 valence electrons. The van der Waals surface area contributed by atoms with Crippen LogP contribution in [0.2, 0.25) is 0 Å². The van der Waals surface area contributed by atoms with Gasteiger partial charge < -0.3 is 9.26 Å². The van der Waals surface area contributed by atoms with Gasteiger partial charge >= 0.3 is 0 Å². The van der Waals surface area contributed by atoms with E-state index in [1.54, 1.807) is 19.9 Å². The van der Waals surface area contributed by atoms with E-state index in [2.05, 4.69) is 9.88 Å². The van der Waals surface area contributed by atoms with Crippen LogP contribution in [0.15, 0.2) is 28.8 Å². The smallest absolute Gasteiger partial charge is 0.219 e. The Kier molecular flexibility index (Phi) is 3.65. The van der Waals surface area contributed by atoms with Crippen LogP contribution in [0.5, 0.6) is 5.75 Å². The molecule has 2 heterocycles. The first-order chi connectivity index (χ1) is 10.3. The van der Waals surface area contributed by atoms with Crippen LogP contribution in [-0.2, 0) is 15.8 Å². The van der Waals surface area contributed by atoms with E-state index in [1.807, 2.05) is 0 Å². The minimum absolute atomic E-state index is 0.260. The molecule has 0 radical (unpaired) electrons. The number of benzene rings is 1. The van der Waals surface area contributed by atoms with Gasteiger partial charge in [-0.1, -0.05) is 11.2 Å². The fraction of sp³-hybridized carbons (Fsp3) is 0.357. The van der Waals surface area contributed by atoms with Crippen LogP contribution >= 0.6 is 0 Å². The molecule has 1 aromatic heterocycles. The van der Waals surface area contributed by atoms with E-state index < -0.39 is 28.0 Å². The van der Waals surface area contributed by atoms with E-state index in [-0.39, 0.29) is 11.5 Å². The summed E-state index contributed by atoms with van der Waals surface area (Å²) in [5.41, 5.74) is 1.23. The van der Waals surface area contributed by atoms with Crippen molar-refractivity contribution in [2.24, 2.45) is 0 Å². The third-order valence-corrected chi connectivity index (χ3v) is 4.69. The van der Waals surface area contributed by atoms with Crippen molar-refractivity contribution in [3.8, 4) is 5.75 Å². The zero-order valence-corrected chi connectivity index (χ0v) is 12.9. The van der Waals surface area contributed by atoms with Crippen LogP contribution in [0.4, 0.5) is 4.39 Å². The zero-order chi connectivity index (χ0) is 15.9. The minimum Gasteiger partial charge on any atom is -0.488 e. The van der Waals surface area contributed by atoms with Crippen LogP contribution in [-0.4, -0.2) is 19.7 Å². The van der Waals surface area contributed by atoms with E-state index in [0.29, 0.717) is 17.0 Å². The summed E-state index contributed by atoms with van der Waals surface area (Å²) < 4.78 is 50.7. The summed E-state index contributed by atoms with van der Waals surface area (Å²) in [6.07, 6.45) is -0.428. The summed E-state index contributed by atoms with van der Waals surface area (Å²) in [5.74, 6) is -0.119. The van der Waals surface area contributed by atoms with E-state index in [1.165, 1.54) is 18.2 Å². The van der Waals surface area contributed by atoms with Gasteiger partial charge in [-0.2, -0.15) is 0 Å². The van der Waals surface area contributed by atoms with Crippen molar-refractivity contribution in [3.05, 3.63) is 47.1 Å². The summed E-state index contributed by atoms with van der Waals surface area (Å²) >= 11 is 0. The van der Waals surface area contributed by atoms with E-state index >= 15 is 0 Å². The average molecular weight is 326 g/mol. The predicted octanol–water partition coefficient (Wildman–Crippen LogP) is 2.06. The molecule has 2 aromatic rings. The number of hydrogen-bond donors (Lipinski definition) is 1. The molecule has 1 N–H and O–H groups in total. The summed E-state index contributed by atoms with van der Waals surface area (Å²) in [4.78, 5) is 0.